The largest absolute Gasteiger partial charge is 0.396 e. The first-order valence-corrected chi connectivity index (χ1v) is 6.52. The van der Waals surface area contributed by atoms with E-state index in [9.17, 15) is 9.59 Å². The van der Waals surface area contributed by atoms with Crippen LogP contribution in [0.25, 0.3) is 0 Å². The average Bonchev–Trinajstić information content (AvgIpc) is 2.79. The second-order valence-corrected chi connectivity index (χ2v) is 4.98. The Hall–Kier alpha value is -2.82. The van der Waals surface area contributed by atoms with Crippen molar-refractivity contribution in [2.75, 3.05) is 11.9 Å². The molecule has 0 saturated carbocycles. The predicted molar refractivity (Wildman–Crippen MR) is 73.8 cm³/mol. The summed E-state index contributed by atoms with van der Waals surface area (Å²) in [6.07, 6.45) is 0. The van der Waals surface area contributed by atoms with Crippen molar-refractivity contribution in [3.8, 4) is 0 Å². The number of rotatable bonds is 0. The molecule has 21 heavy (non-hydrogen) atoms. The number of ether oxygens (including phenoxy) is 2. The summed E-state index contributed by atoms with van der Waals surface area (Å²) >= 11 is 0. The van der Waals surface area contributed by atoms with Crippen molar-refractivity contribution in [2.45, 2.75) is 5.91 Å². The van der Waals surface area contributed by atoms with Crippen LogP contribution in [0, 0.1) is 0 Å². The molecule has 0 fully saturated rings. The van der Waals surface area contributed by atoms with Crippen molar-refractivity contribution >= 4 is 17.6 Å². The first kappa shape index (κ1) is 12.0. The highest BCUT2D eigenvalue weighted by molar-refractivity contribution is 6.01. The molecule has 0 amide bonds. The summed E-state index contributed by atoms with van der Waals surface area (Å²) in [5.41, 5.74) is 2.07. The lowest BCUT2D eigenvalue weighted by Crippen LogP contribution is -2.51. The van der Waals surface area contributed by atoms with Gasteiger partial charge in [0.15, 0.2) is 0 Å². The molecular formula is C16H11NO4. The number of hydrogen-bond donors (Lipinski definition) is 0. The Labute approximate surface area is 120 Å². The van der Waals surface area contributed by atoms with Gasteiger partial charge in [-0.05, 0) is 24.3 Å². The molecule has 0 bridgehead atoms. The third-order valence-corrected chi connectivity index (χ3v) is 3.88. The van der Waals surface area contributed by atoms with Gasteiger partial charge in [-0.25, -0.2) is 9.59 Å². The minimum Gasteiger partial charge on any atom is -0.396 e. The van der Waals surface area contributed by atoms with Gasteiger partial charge in [0.2, 0.25) is 0 Å². The van der Waals surface area contributed by atoms with E-state index in [1.807, 2.05) is 6.07 Å². The third kappa shape index (κ3) is 1.40. The maximum Gasteiger partial charge on any atom is 0.372 e. The van der Waals surface area contributed by atoms with Gasteiger partial charge in [-0.1, -0.05) is 24.3 Å². The second-order valence-electron chi connectivity index (χ2n) is 4.98. The molecule has 0 saturated heterocycles. The van der Waals surface area contributed by atoms with Gasteiger partial charge in [-0.2, -0.15) is 0 Å². The number of carbonyl (C=O) groups is 2. The zero-order chi connectivity index (χ0) is 14.6. The molecule has 2 aliphatic heterocycles. The molecule has 0 aromatic heterocycles. The summed E-state index contributed by atoms with van der Waals surface area (Å²) in [4.78, 5) is 26.0. The number of fused-ring (bicyclic) bond motifs is 3. The Bertz CT molecular complexity index is 785. The van der Waals surface area contributed by atoms with Crippen molar-refractivity contribution in [1.29, 1.82) is 0 Å². The maximum atomic E-state index is 12.3. The van der Waals surface area contributed by atoms with Gasteiger partial charge in [0.25, 0.3) is 0 Å². The van der Waals surface area contributed by atoms with Crippen LogP contribution in [0.4, 0.5) is 5.69 Å². The fourth-order valence-electron chi connectivity index (χ4n) is 2.84. The number of hydrogen-bond acceptors (Lipinski definition) is 5. The summed E-state index contributed by atoms with van der Waals surface area (Å²) in [6, 6.07) is 14.0. The van der Waals surface area contributed by atoms with Crippen molar-refractivity contribution in [2.24, 2.45) is 0 Å². The van der Waals surface area contributed by atoms with Crippen LogP contribution in [0.2, 0.25) is 0 Å². The predicted octanol–water partition coefficient (Wildman–Crippen LogP) is 2.27. The number of esters is 2. The van der Waals surface area contributed by atoms with E-state index in [1.165, 1.54) is 0 Å². The highest BCUT2D eigenvalue weighted by Gasteiger charge is 2.55. The van der Waals surface area contributed by atoms with Crippen LogP contribution in [0.3, 0.4) is 0 Å². The van der Waals surface area contributed by atoms with Gasteiger partial charge in [-0.15, -0.1) is 0 Å². The zero-order valence-corrected chi connectivity index (χ0v) is 11.2. The van der Waals surface area contributed by atoms with Gasteiger partial charge in [0.1, 0.15) is 0 Å². The highest BCUT2D eigenvalue weighted by atomic mass is 16.8. The number of benzene rings is 2. The molecule has 4 rings (SSSR count). The lowest BCUT2D eigenvalue weighted by molar-refractivity contribution is -0.168. The van der Waals surface area contributed by atoms with Crippen molar-refractivity contribution in [3.05, 3.63) is 65.2 Å². The van der Waals surface area contributed by atoms with Crippen LogP contribution in [-0.2, 0) is 15.4 Å². The standard InChI is InChI=1S/C16H11NO4/c1-17-13-9-5-3-7-11(13)15(19)21-16(17)12-8-4-2-6-10(12)14(18)20-16/h2-9H,1H3. The molecule has 1 spiro atoms. The van der Waals surface area contributed by atoms with Crippen molar-refractivity contribution < 1.29 is 19.1 Å². The molecule has 5 heteroatoms. The lowest BCUT2D eigenvalue weighted by Gasteiger charge is -2.41. The average molecular weight is 281 g/mol. The van der Waals surface area contributed by atoms with Crippen LogP contribution in [0.15, 0.2) is 48.5 Å². The minimum atomic E-state index is -1.51. The van der Waals surface area contributed by atoms with Gasteiger partial charge in [0.05, 0.1) is 22.4 Å². The topological polar surface area (TPSA) is 55.8 Å². The van der Waals surface area contributed by atoms with Gasteiger partial charge < -0.3 is 9.47 Å². The Kier molecular flexibility index (Phi) is 2.19. The number of nitrogens with zero attached hydrogens (tertiary/aromatic N) is 1. The van der Waals surface area contributed by atoms with E-state index in [0.717, 1.165) is 0 Å². The summed E-state index contributed by atoms with van der Waals surface area (Å²) in [5.74, 6) is -2.52. The van der Waals surface area contributed by atoms with E-state index in [0.29, 0.717) is 22.4 Å². The molecule has 2 heterocycles. The highest BCUT2D eigenvalue weighted by Crippen LogP contribution is 2.46. The maximum absolute atomic E-state index is 12.3. The van der Waals surface area contributed by atoms with Crippen LogP contribution >= 0.6 is 0 Å². The SMILES string of the molecule is CN1c2ccccc2C(=O)OC12OC(=O)c1ccccc12. The molecule has 2 aromatic carbocycles. The van der Waals surface area contributed by atoms with Crippen LogP contribution in [0.5, 0.6) is 0 Å². The third-order valence-electron chi connectivity index (χ3n) is 3.88. The Morgan fingerprint density at radius 2 is 1.43 bits per heavy atom. The fourth-order valence-corrected chi connectivity index (χ4v) is 2.84. The fraction of sp³-hybridized carbons (Fsp3) is 0.125. The van der Waals surface area contributed by atoms with Gasteiger partial charge in [0, 0.05) is 7.05 Å². The number of anilines is 1. The molecular weight excluding hydrogens is 270 g/mol. The molecule has 0 aliphatic carbocycles. The van der Waals surface area contributed by atoms with E-state index in [2.05, 4.69) is 0 Å². The van der Waals surface area contributed by atoms with Gasteiger partial charge >= 0.3 is 17.8 Å². The smallest absolute Gasteiger partial charge is 0.372 e. The monoisotopic (exact) mass is 281 g/mol. The van der Waals surface area contributed by atoms with Crippen LogP contribution < -0.4 is 4.90 Å². The second kappa shape index (κ2) is 3.85. The number of para-hydroxylation sites is 1. The van der Waals surface area contributed by atoms with E-state index in [4.69, 9.17) is 9.47 Å². The summed E-state index contributed by atoms with van der Waals surface area (Å²) in [6.45, 7) is 0. The molecule has 2 aromatic rings. The van der Waals surface area contributed by atoms with Crippen LogP contribution in [-0.4, -0.2) is 19.0 Å². The first-order chi connectivity index (χ1) is 10.1. The quantitative estimate of drug-likeness (QED) is 0.693. The van der Waals surface area contributed by atoms with E-state index in [-0.39, 0.29) is 0 Å². The molecule has 2 aliphatic rings. The Morgan fingerprint density at radius 1 is 0.857 bits per heavy atom. The summed E-state index contributed by atoms with van der Waals surface area (Å²) < 4.78 is 11.0. The zero-order valence-electron chi connectivity index (χ0n) is 11.2. The molecule has 0 radical (unpaired) electrons. The Balaban J connectivity index is 1.96. The van der Waals surface area contributed by atoms with Gasteiger partial charge in [-0.3, -0.25) is 4.90 Å². The molecule has 104 valence electrons. The first-order valence-electron chi connectivity index (χ1n) is 6.52. The number of carbonyl (C=O) groups excluding carboxylic acids is 2. The Morgan fingerprint density at radius 3 is 2.19 bits per heavy atom. The van der Waals surface area contributed by atoms with E-state index >= 15 is 0 Å². The van der Waals surface area contributed by atoms with Crippen molar-refractivity contribution in [3.63, 3.8) is 0 Å². The van der Waals surface area contributed by atoms with Crippen LogP contribution in [0.1, 0.15) is 26.3 Å². The van der Waals surface area contributed by atoms with E-state index in [1.54, 1.807) is 54.4 Å². The lowest BCUT2D eigenvalue weighted by atomic mass is 10.0. The molecule has 1 unspecified atom stereocenters. The molecule has 5 nitrogen and oxygen atoms in total. The molecule has 0 N–H and O–H groups in total. The minimum absolute atomic E-state index is 0.413. The molecule has 1 atom stereocenters. The summed E-state index contributed by atoms with van der Waals surface area (Å²) in [7, 11) is 1.74. The normalized spacial score (nSPS) is 22.6. The van der Waals surface area contributed by atoms with E-state index < -0.39 is 17.8 Å². The summed E-state index contributed by atoms with van der Waals surface area (Å²) in [5, 5.41) is 0. The van der Waals surface area contributed by atoms with Crippen molar-refractivity contribution in [1.82, 2.24) is 0 Å².